The second-order valence-corrected chi connectivity index (χ2v) is 8.71. The lowest BCUT2D eigenvalue weighted by Gasteiger charge is -2.20. The molecule has 0 N–H and O–H groups in total. The highest BCUT2D eigenvalue weighted by Crippen LogP contribution is 2.18. The largest absolute Gasteiger partial charge is 0.137 e. The normalized spacial score (nSPS) is 10.5. The van der Waals surface area contributed by atoms with Crippen LogP contribution in [0.5, 0.6) is 0 Å². The van der Waals surface area contributed by atoms with Crippen LogP contribution in [-0.4, -0.2) is 8.07 Å². The molecule has 0 bridgehead atoms. The van der Waals surface area contributed by atoms with E-state index in [1.807, 2.05) is 6.92 Å². The van der Waals surface area contributed by atoms with Gasteiger partial charge in [-0.3, -0.25) is 0 Å². The van der Waals surface area contributed by atoms with Gasteiger partial charge < -0.3 is 0 Å². The maximum atomic E-state index is 3.87. The van der Waals surface area contributed by atoms with E-state index in [9.17, 15) is 0 Å². The van der Waals surface area contributed by atoms with E-state index >= 15 is 0 Å². The minimum atomic E-state index is -1.19. The van der Waals surface area contributed by atoms with E-state index in [2.05, 4.69) is 38.8 Å². The Morgan fingerprint density at radius 1 is 1.15 bits per heavy atom. The van der Waals surface area contributed by atoms with Crippen LogP contribution < -0.4 is 0 Å². The van der Waals surface area contributed by atoms with Gasteiger partial charge in [0.2, 0.25) is 0 Å². The molecule has 1 heteroatoms. The molecule has 0 amide bonds. The summed E-state index contributed by atoms with van der Waals surface area (Å²) in [5.74, 6) is 3.29. The van der Waals surface area contributed by atoms with E-state index < -0.39 is 8.07 Å². The van der Waals surface area contributed by atoms with Crippen LogP contribution in [0.4, 0.5) is 0 Å². The zero-order valence-electron chi connectivity index (χ0n) is 9.54. The summed E-state index contributed by atoms with van der Waals surface area (Å²) < 4.78 is 0. The Kier molecular flexibility index (Phi) is 5.82. The molecule has 0 nitrogen and oxygen atoms in total. The van der Waals surface area contributed by atoms with Crippen LogP contribution >= 0.6 is 0 Å². The molecule has 0 aliphatic heterocycles. The fourth-order valence-corrected chi connectivity index (χ4v) is 3.89. The van der Waals surface area contributed by atoms with Crippen molar-refractivity contribution in [3.63, 3.8) is 0 Å². The van der Waals surface area contributed by atoms with Crippen molar-refractivity contribution in [2.45, 2.75) is 52.2 Å². The third-order valence-corrected chi connectivity index (χ3v) is 7.54. The molecule has 74 valence electrons. The second-order valence-electron chi connectivity index (χ2n) is 3.78. The van der Waals surface area contributed by atoms with Crippen molar-refractivity contribution < 1.29 is 0 Å². The fraction of sp³-hybridized carbons (Fsp3) is 0.667. The first-order valence-corrected chi connectivity index (χ1v) is 7.86. The van der Waals surface area contributed by atoms with Crippen LogP contribution in [-0.2, 0) is 0 Å². The highest BCUT2D eigenvalue weighted by Gasteiger charge is 2.23. The van der Waals surface area contributed by atoms with Gasteiger partial charge in [0.1, 0.15) is 8.07 Å². The lowest BCUT2D eigenvalue weighted by atomic mass is 10.3. The highest BCUT2D eigenvalue weighted by atomic mass is 28.3. The standard InChI is InChI=1S/C12H22Si/c1-6-13(7-2,8-3)11-9-10-12(4)5/h4,6-8,10H2,1-3,5H3. The van der Waals surface area contributed by atoms with Crippen LogP contribution in [0, 0.1) is 11.5 Å². The molecule has 0 aromatic carbocycles. The molecule has 0 aromatic heterocycles. The lowest BCUT2D eigenvalue weighted by Crippen LogP contribution is -2.29. The smallest absolute Gasteiger partial charge is 0.131 e. The summed E-state index contributed by atoms with van der Waals surface area (Å²) in [6, 6.07) is 3.88. The summed E-state index contributed by atoms with van der Waals surface area (Å²) in [6.45, 7) is 12.8. The summed E-state index contributed by atoms with van der Waals surface area (Å²) in [7, 11) is -1.19. The molecule has 0 heterocycles. The SMILES string of the molecule is C=C(C)CC#C[Si](CC)(CC)CC. The van der Waals surface area contributed by atoms with Gasteiger partial charge in [0, 0.05) is 6.42 Å². The van der Waals surface area contributed by atoms with Crippen molar-refractivity contribution in [1.82, 2.24) is 0 Å². The molecule has 0 rings (SSSR count). The minimum absolute atomic E-state index is 0.884. The first kappa shape index (κ1) is 12.5. The summed E-state index contributed by atoms with van der Waals surface area (Å²) in [5, 5.41) is 0. The Hall–Kier alpha value is -0.483. The van der Waals surface area contributed by atoms with Gasteiger partial charge >= 0.3 is 0 Å². The summed E-state index contributed by atoms with van der Waals surface area (Å²) in [4.78, 5) is 0. The van der Waals surface area contributed by atoms with Crippen molar-refractivity contribution in [2.24, 2.45) is 0 Å². The molecule has 0 unspecified atom stereocenters. The van der Waals surface area contributed by atoms with Gasteiger partial charge in [0.05, 0.1) is 0 Å². The van der Waals surface area contributed by atoms with Crippen LogP contribution in [0.25, 0.3) is 0 Å². The van der Waals surface area contributed by atoms with Gasteiger partial charge in [0.25, 0.3) is 0 Å². The number of rotatable bonds is 4. The predicted molar refractivity (Wildman–Crippen MR) is 64.4 cm³/mol. The Labute approximate surface area is 84.4 Å². The molecular formula is C12H22Si. The lowest BCUT2D eigenvalue weighted by molar-refractivity contribution is 1.20. The zero-order valence-corrected chi connectivity index (χ0v) is 10.5. The van der Waals surface area contributed by atoms with Crippen LogP contribution in [0.1, 0.15) is 34.1 Å². The Morgan fingerprint density at radius 2 is 1.62 bits per heavy atom. The van der Waals surface area contributed by atoms with Gasteiger partial charge in [-0.05, 0) is 25.1 Å². The van der Waals surface area contributed by atoms with Crippen molar-refractivity contribution in [3.8, 4) is 11.5 Å². The van der Waals surface area contributed by atoms with Gasteiger partial charge in [-0.15, -0.1) is 11.5 Å². The molecule has 0 aliphatic rings. The summed E-state index contributed by atoms with van der Waals surface area (Å²) in [6.07, 6.45) is 0.884. The van der Waals surface area contributed by atoms with Crippen LogP contribution in [0.15, 0.2) is 12.2 Å². The van der Waals surface area contributed by atoms with Gasteiger partial charge in [0.15, 0.2) is 0 Å². The van der Waals surface area contributed by atoms with Crippen LogP contribution in [0.3, 0.4) is 0 Å². The maximum Gasteiger partial charge on any atom is 0.137 e. The second kappa shape index (κ2) is 6.04. The van der Waals surface area contributed by atoms with Gasteiger partial charge in [-0.2, -0.15) is 0 Å². The van der Waals surface area contributed by atoms with E-state index in [0.29, 0.717) is 0 Å². The van der Waals surface area contributed by atoms with E-state index in [0.717, 1.165) is 6.42 Å². The molecule has 0 aromatic rings. The van der Waals surface area contributed by atoms with E-state index in [1.165, 1.54) is 23.7 Å². The first-order chi connectivity index (χ1) is 6.10. The predicted octanol–water partition coefficient (Wildman–Crippen LogP) is 4.00. The van der Waals surface area contributed by atoms with Gasteiger partial charge in [-0.1, -0.05) is 32.9 Å². The summed E-state index contributed by atoms with van der Waals surface area (Å²) in [5.41, 5.74) is 4.72. The fourth-order valence-electron chi connectivity index (χ4n) is 1.40. The molecule has 13 heavy (non-hydrogen) atoms. The molecule has 0 atom stereocenters. The highest BCUT2D eigenvalue weighted by molar-refractivity contribution is 6.87. The monoisotopic (exact) mass is 194 g/mol. The topological polar surface area (TPSA) is 0 Å². The van der Waals surface area contributed by atoms with Crippen molar-refractivity contribution in [1.29, 1.82) is 0 Å². The molecule has 0 saturated carbocycles. The average Bonchev–Trinajstić information content (AvgIpc) is 2.13. The van der Waals surface area contributed by atoms with Crippen molar-refractivity contribution in [3.05, 3.63) is 12.2 Å². The summed E-state index contributed by atoms with van der Waals surface area (Å²) >= 11 is 0. The molecule has 0 spiro atoms. The third kappa shape index (κ3) is 4.33. The maximum absolute atomic E-state index is 3.87. The number of allylic oxidation sites excluding steroid dienone is 1. The Morgan fingerprint density at radius 3 is 1.92 bits per heavy atom. The molecule has 0 radical (unpaired) electrons. The Bertz CT molecular complexity index is 205. The third-order valence-electron chi connectivity index (χ3n) is 2.77. The van der Waals surface area contributed by atoms with E-state index in [-0.39, 0.29) is 0 Å². The molecule has 0 aliphatic carbocycles. The van der Waals surface area contributed by atoms with Crippen LogP contribution in [0.2, 0.25) is 18.1 Å². The number of hydrogen-bond acceptors (Lipinski definition) is 0. The number of hydrogen-bond donors (Lipinski definition) is 0. The molecule has 0 saturated heterocycles. The molecule has 0 fully saturated rings. The first-order valence-electron chi connectivity index (χ1n) is 5.24. The minimum Gasteiger partial charge on any atom is -0.131 e. The average molecular weight is 194 g/mol. The Balaban J connectivity index is 4.36. The van der Waals surface area contributed by atoms with Crippen molar-refractivity contribution >= 4 is 8.07 Å². The molecular weight excluding hydrogens is 172 g/mol. The van der Waals surface area contributed by atoms with E-state index in [1.54, 1.807) is 0 Å². The van der Waals surface area contributed by atoms with Crippen molar-refractivity contribution in [2.75, 3.05) is 0 Å². The van der Waals surface area contributed by atoms with E-state index in [4.69, 9.17) is 0 Å². The quantitative estimate of drug-likeness (QED) is 0.360. The van der Waals surface area contributed by atoms with Gasteiger partial charge in [-0.25, -0.2) is 0 Å². The zero-order chi connectivity index (χ0) is 10.3.